The molecule has 0 aliphatic carbocycles. The highest BCUT2D eigenvalue weighted by atomic mass is 35.5. The van der Waals surface area contributed by atoms with Gasteiger partial charge >= 0.3 is 0 Å². The Morgan fingerprint density at radius 3 is 2.68 bits per heavy atom. The van der Waals surface area contributed by atoms with Crippen LogP contribution >= 0.6 is 23.2 Å². The molecule has 0 spiro atoms. The summed E-state index contributed by atoms with van der Waals surface area (Å²) < 4.78 is 5.15. The molecule has 2 rings (SSSR count). The number of nitrogens with one attached hydrogen (secondary N) is 2. The predicted octanol–water partition coefficient (Wildman–Crippen LogP) is 3.21. The van der Waals surface area contributed by atoms with Crippen LogP contribution in [0.25, 0.3) is 0 Å². The highest BCUT2D eigenvalue weighted by molar-refractivity contribution is 6.35. The number of carbonyl (C=O) groups excluding carboxylic acids is 1. The summed E-state index contributed by atoms with van der Waals surface area (Å²) in [5.41, 5.74) is 0.614. The second-order valence-corrected chi connectivity index (χ2v) is 6.76. The number of H-pyrrole nitrogens is 1. The third kappa shape index (κ3) is 4.96. The fraction of sp³-hybridized carbons (Fsp3) is 0.353. The van der Waals surface area contributed by atoms with E-state index in [9.17, 15) is 9.59 Å². The standard InChI is InChI=1S/C17H19Cl2N3O3/c1-9(2)6-13-15(23)22-14(17(21-13)25-3)16(24)20-8-10-4-5-11(18)7-12(10)19/h4-5,7,9H,6,8H2,1-3H3,(H,20,24)(H,22,23). The first-order valence-electron chi connectivity index (χ1n) is 7.71. The maximum atomic E-state index is 12.4. The van der Waals surface area contributed by atoms with Crippen LogP contribution in [0.1, 0.15) is 35.6 Å². The Morgan fingerprint density at radius 1 is 1.36 bits per heavy atom. The van der Waals surface area contributed by atoms with Crippen molar-refractivity contribution in [2.75, 3.05) is 7.11 Å². The Kier molecular flexibility index (Phi) is 6.45. The second-order valence-electron chi connectivity index (χ2n) is 5.91. The lowest BCUT2D eigenvalue weighted by Gasteiger charge is -2.11. The molecule has 1 aromatic carbocycles. The third-order valence-electron chi connectivity index (χ3n) is 3.43. The molecule has 0 saturated heterocycles. The van der Waals surface area contributed by atoms with Gasteiger partial charge in [0.15, 0.2) is 5.69 Å². The molecule has 1 heterocycles. The van der Waals surface area contributed by atoms with Gasteiger partial charge in [0, 0.05) is 16.6 Å². The number of ether oxygens (including phenoxy) is 1. The molecule has 0 fully saturated rings. The number of rotatable bonds is 6. The van der Waals surface area contributed by atoms with Gasteiger partial charge in [0.2, 0.25) is 5.88 Å². The molecule has 0 radical (unpaired) electrons. The van der Waals surface area contributed by atoms with Gasteiger partial charge in [0.1, 0.15) is 5.69 Å². The number of amides is 1. The molecule has 0 bridgehead atoms. The Morgan fingerprint density at radius 2 is 2.08 bits per heavy atom. The van der Waals surface area contributed by atoms with Crippen molar-refractivity contribution < 1.29 is 9.53 Å². The zero-order valence-electron chi connectivity index (χ0n) is 14.2. The number of aromatic amines is 1. The molecule has 0 aliphatic rings. The molecule has 0 atom stereocenters. The minimum atomic E-state index is -0.511. The lowest BCUT2D eigenvalue weighted by molar-refractivity contribution is 0.0941. The van der Waals surface area contributed by atoms with Crippen LogP contribution in [0.2, 0.25) is 10.0 Å². The summed E-state index contributed by atoms with van der Waals surface area (Å²) in [5.74, 6) is -0.177. The summed E-state index contributed by atoms with van der Waals surface area (Å²) in [6.45, 7) is 4.13. The van der Waals surface area contributed by atoms with E-state index in [0.717, 1.165) is 0 Å². The van der Waals surface area contributed by atoms with Crippen LogP contribution in [0.5, 0.6) is 5.88 Å². The maximum Gasteiger partial charge on any atom is 0.273 e. The Balaban J connectivity index is 2.20. The van der Waals surface area contributed by atoms with Gasteiger partial charge in [0.05, 0.1) is 7.11 Å². The highest BCUT2D eigenvalue weighted by Gasteiger charge is 2.18. The van der Waals surface area contributed by atoms with Crippen LogP contribution in [0.3, 0.4) is 0 Å². The minimum absolute atomic E-state index is 0.0231. The van der Waals surface area contributed by atoms with E-state index in [4.69, 9.17) is 27.9 Å². The van der Waals surface area contributed by atoms with Crippen molar-refractivity contribution >= 4 is 29.1 Å². The molecule has 25 heavy (non-hydrogen) atoms. The summed E-state index contributed by atoms with van der Waals surface area (Å²) in [4.78, 5) is 31.2. The van der Waals surface area contributed by atoms with Crippen LogP contribution in [-0.2, 0) is 13.0 Å². The fourth-order valence-electron chi connectivity index (χ4n) is 2.22. The van der Waals surface area contributed by atoms with Crippen molar-refractivity contribution in [2.45, 2.75) is 26.8 Å². The molecule has 8 heteroatoms. The number of aromatic nitrogens is 2. The monoisotopic (exact) mass is 383 g/mol. The first kappa shape index (κ1) is 19.3. The number of methoxy groups -OCH3 is 1. The zero-order chi connectivity index (χ0) is 18.6. The average molecular weight is 384 g/mol. The van der Waals surface area contributed by atoms with Crippen molar-refractivity contribution in [3.8, 4) is 5.88 Å². The average Bonchev–Trinajstić information content (AvgIpc) is 2.54. The van der Waals surface area contributed by atoms with Crippen molar-refractivity contribution in [1.82, 2.24) is 15.3 Å². The predicted molar refractivity (Wildman–Crippen MR) is 97.6 cm³/mol. The van der Waals surface area contributed by atoms with Gasteiger partial charge in [0.25, 0.3) is 11.5 Å². The van der Waals surface area contributed by atoms with Crippen molar-refractivity contribution in [1.29, 1.82) is 0 Å². The van der Waals surface area contributed by atoms with Crippen LogP contribution in [0, 0.1) is 5.92 Å². The lowest BCUT2D eigenvalue weighted by Crippen LogP contribution is -2.29. The van der Waals surface area contributed by atoms with Crippen LogP contribution in [-0.4, -0.2) is 23.0 Å². The van der Waals surface area contributed by atoms with Gasteiger partial charge in [-0.05, 0) is 30.0 Å². The first-order valence-corrected chi connectivity index (χ1v) is 8.46. The molecule has 1 amide bonds. The van der Waals surface area contributed by atoms with Gasteiger partial charge in [-0.1, -0.05) is 43.1 Å². The summed E-state index contributed by atoms with van der Waals surface area (Å²) in [5, 5.41) is 3.63. The van der Waals surface area contributed by atoms with Gasteiger partial charge in [-0.15, -0.1) is 0 Å². The summed E-state index contributed by atoms with van der Waals surface area (Å²) in [6.07, 6.45) is 0.494. The molecule has 0 saturated carbocycles. The largest absolute Gasteiger partial charge is 0.479 e. The topological polar surface area (TPSA) is 84.1 Å². The van der Waals surface area contributed by atoms with Crippen molar-refractivity contribution in [2.24, 2.45) is 5.92 Å². The zero-order valence-corrected chi connectivity index (χ0v) is 15.7. The molecule has 0 unspecified atom stereocenters. The van der Waals surface area contributed by atoms with Gasteiger partial charge in [-0.3, -0.25) is 9.59 Å². The minimum Gasteiger partial charge on any atom is -0.479 e. The Hall–Kier alpha value is -2.05. The number of halogens is 2. The van der Waals surface area contributed by atoms with Gasteiger partial charge in [-0.25, -0.2) is 4.98 Å². The summed E-state index contributed by atoms with van der Waals surface area (Å²) >= 11 is 11.9. The molecule has 1 aromatic heterocycles. The van der Waals surface area contributed by atoms with E-state index in [1.807, 2.05) is 13.8 Å². The SMILES string of the molecule is COc1nc(CC(C)C)c(=O)[nH]c1C(=O)NCc1ccc(Cl)cc1Cl. The number of benzene rings is 1. The second kappa shape index (κ2) is 8.36. The number of carbonyl (C=O) groups is 1. The molecule has 6 nitrogen and oxygen atoms in total. The summed E-state index contributed by atoms with van der Waals surface area (Å²) in [6, 6.07) is 4.99. The van der Waals surface area contributed by atoms with E-state index in [-0.39, 0.29) is 24.0 Å². The molecule has 0 aliphatic heterocycles. The number of hydrogen-bond acceptors (Lipinski definition) is 4. The van der Waals surface area contributed by atoms with Crippen molar-refractivity contribution in [3.63, 3.8) is 0 Å². The fourth-order valence-corrected chi connectivity index (χ4v) is 2.70. The van der Waals surface area contributed by atoms with E-state index >= 15 is 0 Å². The molecule has 134 valence electrons. The van der Waals surface area contributed by atoms with E-state index < -0.39 is 11.5 Å². The van der Waals surface area contributed by atoms with Gasteiger partial charge < -0.3 is 15.0 Å². The normalized spacial score (nSPS) is 10.8. The smallest absolute Gasteiger partial charge is 0.273 e. The third-order valence-corrected chi connectivity index (χ3v) is 4.01. The lowest BCUT2D eigenvalue weighted by atomic mass is 10.1. The quantitative estimate of drug-likeness (QED) is 0.801. The van der Waals surface area contributed by atoms with E-state index in [2.05, 4.69) is 15.3 Å². The van der Waals surface area contributed by atoms with Crippen LogP contribution < -0.4 is 15.6 Å². The number of nitrogens with zero attached hydrogens (tertiary/aromatic N) is 1. The molecule has 2 aromatic rings. The van der Waals surface area contributed by atoms with Crippen LogP contribution in [0.4, 0.5) is 0 Å². The molecule has 2 N–H and O–H groups in total. The molecular formula is C17H19Cl2N3O3. The van der Waals surface area contributed by atoms with Crippen molar-refractivity contribution in [3.05, 3.63) is 55.5 Å². The summed E-state index contributed by atoms with van der Waals surface area (Å²) in [7, 11) is 1.40. The first-order chi connectivity index (χ1) is 11.8. The Labute approximate surface area is 155 Å². The Bertz CT molecular complexity index is 834. The van der Waals surface area contributed by atoms with E-state index in [0.29, 0.717) is 27.7 Å². The highest BCUT2D eigenvalue weighted by Crippen LogP contribution is 2.21. The van der Waals surface area contributed by atoms with E-state index in [1.165, 1.54) is 7.11 Å². The number of hydrogen-bond donors (Lipinski definition) is 2. The van der Waals surface area contributed by atoms with Crippen LogP contribution in [0.15, 0.2) is 23.0 Å². The molecular weight excluding hydrogens is 365 g/mol. The van der Waals surface area contributed by atoms with E-state index in [1.54, 1.807) is 18.2 Å². The maximum absolute atomic E-state index is 12.4. The van der Waals surface area contributed by atoms with Gasteiger partial charge in [-0.2, -0.15) is 0 Å².